The van der Waals surface area contributed by atoms with Gasteiger partial charge in [-0.25, -0.2) is 0 Å². The molecule has 0 aliphatic carbocycles. The summed E-state index contributed by atoms with van der Waals surface area (Å²) in [5.74, 6) is 1.70. The van der Waals surface area contributed by atoms with E-state index in [0.717, 1.165) is 116 Å². The molecule has 0 radical (unpaired) electrons. The maximum absolute atomic E-state index is 13.0. The Hall–Kier alpha value is -1.28. The predicted molar refractivity (Wildman–Crippen MR) is 252 cm³/mol. The van der Waals surface area contributed by atoms with E-state index in [2.05, 4.69) is 39.6 Å². The first-order valence-corrected chi connectivity index (χ1v) is 26.7. The van der Waals surface area contributed by atoms with Crippen molar-refractivity contribution in [3.05, 3.63) is 0 Å². The van der Waals surface area contributed by atoms with Crippen molar-refractivity contribution in [3.8, 4) is 0 Å². The number of hydrogen-bond acceptors (Lipinski definition) is 8. The first kappa shape index (κ1) is 55.7. The summed E-state index contributed by atoms with van der Waals surface area (Å²) in [4.78, 5) is 40.2. The number of carbonyl (C=O) groups excluding carboxylic acids is 3. The first-order chi connectivity index (χ1) is 28.8. The van der Waals surface area contributed by atoms with Crippen LogP contribution in [0.15, 0.2) is 0 Å². The van der Waals surface area contributed by atoms with E-state index in [9.17, 15) is 14.4 Å². The Morgan fingerprint density at radius 2 is 0.864 bits per heavy atom. The van der Waals surface area contributed by atoms with E-state index in [1.54, 1.807) is 11.8 Å². The molecule has 1 fully saturated rings. The lowest BCUT2D eigenvalue weighted by Crippen LogP contribution is -2.32. The van der Waals surface area contributed by atoms with Crippen LogP contribution in [0.4, 0.5) is 0 Å². The van der Waals surface area contributed by atoms with E-state index in [1.165, 1.54) is 103 Å². The third-order valence-corrected chi connectivity index (χ3v) is 14.0. The molecule has 1 heterocycles. The largest absolute Gasteiger partial charge is 0.466 e. The topological polar surface area (TPSA) is 82.1 Å². The second-order valence-corrected chi connectivity index (χ2v) is 19.6. The van der Waals surface area contributed by atoms with Gasteiger partial charge in [-0.05, 0) is 96.2 Å². The monoisotopic (exact) mass is 852 g/mol. The summed E-state index contributed by atoms with van der Waals surface area (Å²) in [6.07, 6.45) is 37.9. The van der Waals surface area contributed by atoms with Gasteiger partial charge in [-0.2, -0.15) is 0 Å². The highest BCUT2D eigenvalue weighted by Crippen LogP contribution is 2.25. The third-order valence-electron chi connectivity index (χ3n) is 12.7. The Kier molecular flexibility index (Phi) is 38.5. The van der Waals surface area contributed by atoms with Crippen molar-refractivity contribution < 1.29 is 28.6 Å². The molecule has 8 heteroatoms. The van der Waals surface area contributed by atoms with E-state index in [1.807, 2.05) is 0 Å². The van der Waals surface area contributed by atoms with E-state index in [0.29, 0.717) is 48.9 Å². The van der Waals surface area contributed by atoms with Crippen LogP contribution >= 0.6 is 11.8 Å². The molecule has 348 valence electrons. The smallest absolute Gasteiger partial charge is 0.316 e. The fraction of sp³-hybridized carbons (Fsp3) is 0.941. The van der Waals surface area contributed by atoms with Gasteiger partial charge in [0.05, 0.1) is 19.0 Å². The van der Waals surface area contributed by atoms with Crippen LogP contribution in [0.25, 0.3) is 0 Å². The van der Waals surface area contributed by atoms with Gasteiger partial charge in [0.25, 0.3) is 0 Å². The summed E-state index contributed by atoms with van der Waals surface area (Å²) in [6.45, 7) is 12.4. The number of hydrogen-bond donors (Lipinski definition) is 0. The second kappa shape index (κ2) is 40.8. The Labute approximate surface area is 370 Å². The van der Waals surface area contributed by atoms with Gasteiger partial charge >= 0.3 is 17.9 Å². The fourth-order valence-electron chi connectivity index (χ4n) is 8.58. The van der Waals surface area contributed by atoms with Crippen molar-refractivity contribution in [1.29, 1.82) is 0 Å². The molecule has 7 nitrogen and oxygen atoms in total. The molecular formula is C51H97NO6S. The van der Waals surface area contributed by atoms with Crippen molar-refractivity contribution in [1.82, 2.24) is 4.90 Å². The maximum Gasteiger partial charge on any atom is 0.316 e. The van der Waals surface area contributed by atoms with Crippen LogP contribution < -0.4 is 0 Å². The number of piperidine rings is 1. The molecule has 59 heavy (non-hydrogen) atoms. The van der Waals surface area contributed by atoms with Crippen molar-refractivity contribution in [2.75, 3.05) is 39.1 Å². The minimum absolute atomic E-state index is 0.0221. The zero-order chi connectivity index (χ0) is 43.0. The van der Waals surface area contributed by atoms with Gasteiger partial charge in [-0.1, -0.05) is 169 Å². The van der Waals surface area contributed by atoms with Crippen LogP contribution in [0.2, 0.25) is 0 Å². The van der Waals surface area contributed by atoms with E-state index < -0.39 is 0 Å². The molecule has 0 amide bonds. The van der Waals surface area contributed by atoms with Crippen molar-refractivity contribution in [2.45, 2.75) is 257 Å². The van der Waals surface area contributed by atoms with Crippen LogP contribution in [-0.2, 0) is 28.6 Å². The summed E-state index contributed by atoms with van der Waals surface area (Å²) < 4.78 is 17.4. The number of ether oxygens (including phenoxy) is 3. The molecule has 0 bridgehead atoms. The molecule has 1 aliphatic rings. The number of carbonyl (C=O) groups is 3. The number of nitrogens with zero attached hydrogens (tertiary/aromatic N) is 1. The standard InChI is InChI=1S/C51H97NO6S/c1-6-10-20-28-45(29-21-11-7-2)38-42-56-49(53)34-26-18-14-16-24-32-47(58-51(55)44-59-48-36-40-52(5)41-37-48)33-25-17-15-19-27-35-50(54)57-43-39-46(30-22-12-8-3)31-23-13-9-4/h45-48H,6-44H2,1-5H3. The fourth-order valence-corrected chi connectivity index (χ4v) is 9.57. The Morgan fingerprint density at radius 1 is 0.492 bits per heavy atom. The minimum atomic E-state index is -0.0579. The van der Waals surface area contributed by atoms with Crippen LogP contribution in [-0.4, -0.2) is 73.3 Å². The van der Waals surface area contributed by atoms with Crippen molar-refractivity contribution in [3.63, 3.8) is 0 Å². The summed E-state index contributed by atoms with van der Waals surface area (Å²) in [6, 6.07) is 0. The SMILES string of the molecule is CCCCCC(CCCCC)CCOC(=O)CCCCCCCC(CCCCCCCC(=O)OCCC(CCCCC)CCCCC)OC(=O)CSC1CCN(C)CC1. The highest BCUT2D eigenvalue weighted by Gasteiger charge is 2.20. The molecule has 0 saturated carbocycles. The molecule has 0 aromatic carbocycles. The van der Waals surface area contributed by atoms with Gasteiger partial charge < -0.3 is 19.1 Å². The Bertz CT molecular complexity index is 896. The molecule has 0 aromatic heterocycles. The van der Waals surface area contributed by atoms with Crippen LogP contribution in [0.5, 0.6) is 0 Å². The molecule has 1 rings (SSSR count). The van der Waals surface area contributed by atoms with Gasteiger partial charge in [0.15, 0.2) is 0 Å². The average Bonchev–Trinajstić information content (AvgIpc) is 3.22. The molecular weight excluding hydrogens is 755 g/mol. The molecule has 0 aromatic rings. The van der Waals surface area contributed by atoms with E-state index >= 15 is 0 Å². The molecule has 0 spiro atoms. The second-order valence-electron chi connectivity index (χ2n) is 18.3. The van der Waals surface area contributed by atoms with Gasteiger partial charge in [0.1, 0.15) is 6.10 Å². The van der Waals surface area contributed by atoms with Crippen molar-refractivity contribution in [2.24, 2.45) is 11.8 Å². The van der Waals surface area contributed by atoms with Crippen LogP contribution in [0.3, 0.4) is 0 Å². The average molecular weight is 852 g/mol. The number of rotatable bonds is 42. The number of thioether (sulfide) groups is 1. The lowest BCUT2D eigenvalue weighted by Gasteiger charge is -2.28. The van der Waals surface area contributed by atoms with Crippen molar-refractivity contribution >= 4 is 29.7 Å². The van der Waals surface area contributed by atoms with Gasteiger partial charge in [0, 0.05) is 18.1 Å². The zero-order valence-electron chi connectivity index (χ0n) is 39.7. The molecule has 0 atom stereocenters. The zero-order valence-corrected chi connectivity index (χ0v) is 40.5. The quantitative estimate of drug-likeness (QED) is 0.0341. The normalized spacial score (nSPS) is 13.8. The van der Waals surface area contributed by atoms with Gasteiger partial charge in [-0.3, -0.25) is 14.4 Å². The predicted octanol–water partition coefficient (Wildman–Crippen LogP) is 14.6. The minimum Gasteiger partial charge on any atom is -0.466 e. The van der Waals surface area contributed by atoms with Gasteiger partial charge in [-0.15, -0.1) is 11.8 Å². The lowest BCUT2D eigenvalue weighted by atomic mass is 9.92. The molecule has 0 unspecified atom stereocenters. The molecule has 1 saturated heterocycles. The number of esters is 3. The Balaban J connectivity index is 2.34. The van der Waals surface area contributed by atoms with Crippen LogP contribution in [0.1, 0.15) is 246 Å². The lowest BCUT2D eigenvalue weighted by molar-refractivity contribution is -0.147. The summed E-state index contributed by atoms with van der Waals surface area (Å²) in [7, 11) is 2.17. The van der Waals surface area contributed by atoms with Crippen LogP contribution in [0, 0.1) is 11.8 Å². The summed E-state index contributed by atoms with van der Waals surface area (Å²) in [5.41, 5.74) is 0. The number of unbranched alkanes of at least 4 members (excludes halogenated alkanes) is 16. The highest BCUT2D eigenvalue weighted by molar-refractivity contribution is 8.00. The molecule has 0 N–H and O–H groups in total. The van der Waals surface area contributed by atoms with E-state index in [4.69, 9.17) is 14.2 Å². The van der Waals surface area contributed by atoms with Gasteiger partial charge in [0.2, 0.25) is 0 Å². The number of likely N-dealkylation sites (tertiary alicyclic amines) is 1. The highest BCUT2D eigenvalue weighted by atomic mass is 32.2. The summed E-state index contributed by atoms with van der Waals surface area (Å²) >= 11 is 1.78. The molecule has 1 aliphatic heterocycles. The summed E-state index contributed by atoms with van der Waals surface area (Å²) in [5, 5.41) is 0.554. The maximum atomic E-state index is 13.0. The Morgan fingerprint density at radius 3 is 1.27 bits per heavy atom. The van der Waals surface area contributed by atoms with E-state index in [-0.39, 0.29) is 24.0 Å². The first-order valence-electron chi connectivity index (χ1n) is 25.6. The third kappa shape index (κ3) is 34.9.